The van der Waals surface area contributed by atoms with Gasteiger partial charge in [0.2, 0.25) is 5.95 Å². The molecule has 0 bridgehead atoms. The van der Waals surface area contributed by atoms with Crippen molar-refractivity contribution < 1.29 is 9.90 Å². The Labute approximate surface area is 160 Å². The molecule has 0 aliphatic carbocycles. The summed E-state index contributed by atoms with van der Waals surface area (Å²) in [6.07, 6.45) is 1.95. The van der Waals surface area contributed by atoms with E-state index in [9.17, 15) is 9.90 Å². The van der Waals surface area contributed by atoms with Gasteiger partial charge in [0, 0.05) is 22.3 Å². The summed E-state index contributed by atoms with van der Waals surface area (Å²) in [5.74, 6) is -0.201. The summed E-state index contributed by atoms with van der Waals surface area (Å²) in [6.45, 7) is 4.15. The summed E-state index contributed by atoms with van der Waals surface area (Å²) in [4.78, 5) is 20.7. The molecule has 4 aromatic rings. The van der Waals surface area contributed by atoms with Crippen molar-refractivity contribution >= 4 is 45.8 Å². The molecule has 0 unspecified atom stereocenters. The molecular weight excluding hydrogens is 364 g/mol. The van der Waals surface area contributed by atoms with Gasteiger partial charge in [0.1, 0.15) is 5.65 Å². The number of halogens is 1. The molecule has 27 heavy (non-hydrogen) atoms. The van der Waals surface area contributed by atoms with Crippen LogP contribution in [0.2, 0.25) is 5.02 Å². The van der Waals surface area contributed by atoms with Crippen LogP contribution in [0.5, 0.6) is 0 Å². The quantitative estimate of drug-likeness (QED) is 0.514. The van der Waals surface area contributed by atoms with E-state index in [4.69, 9.17) is 16.6 Å². The van der Waals surface area contributed by atoms with Crippen molar-refractivity contribution in [3.63, 3.8) is 0 Å². The van der Waals surface area contributed by atoms with Crippen molar-refractivity contribution in [2.24, 2.45) is 0 Å². The van der Waals surface area contributed by atoms with E-state index in [1.165, 1.54) is 0 Å². The van der Waals surface area contributed by atoms with Gasteiger partial charge in [-0.25, -0.2) is 14.8 Å². The van der Waals surface area contributed by atoms with Crippen LogP contribution in [0.1, 0.15) is 35.8 Å². The van der Waals surface area contributed by atoms with Crippen LogP contribution in [0.3, 0.4) is 0 Å². The number of benzene rings is 2. The monoisotopic (exact) mass is 380 g/mol. The van der Waals surface area contributed by atoms with Gasteiger partial charge in [0.15, 0.2) is 0 Å². The summed E-state index contributed by atoms with van der Waals surface area (Å²) in [6, 6.07) is 12.2. The third kappa shape index (κ3) is 3.19. The van der Waals surface area contributed by atoms with E-state index in [-0.39, 0.29) is 11.5 Å². The van der Waals surface area contributed by atoms with Crippen molar-refractivity contribution in [3.05, 3.63) is 64.9 Å². The normalized spacial score (nSPS) is 11.4. The lowest BCUT2D eigenvalue weighted by Crippen LogP contribution is -2.03. The Morgan fingerprint density at radius 2 is 2.00 bits per heavy atom. The first-order valence-corrected chi connectivity index (χ1v) is 8.89. The highest BCUT2D eigenvalue weighted by molar-refractivity contribution is 6.30. The third-order valence-corrected chi connectivity index (χ3v) is 4.57. The highest BCUT2D eigenvalue weighted by atomic mass is 35.5. The van der Waals surface area contributed by atoms with Crippen LogP contribution in [-0.4, -0.2) is 25.4 Å². The molecule has 2 aromatic heterocycles. The van der Waals surface area contributed by atoms with Gasteiger partial charge in [0.25, 0.3) is 0 Å². The van der Waals surface area contributed by atoms with E-state index in [1.54, 1.807) is 30.3 Å². The van der Waals surface area contributed by atoms with Gasteiger partial charge in [-0.2, -0.15) is 0 Å². The molecule has 0 saturated carbocycles. The predicted octanol–water partition coefficient (Wildman–Crippen LogP) is 5.10. The first-order valence-electron chi connectivity index (χ1n) is 8.51. The molecule has 7 heteroatoms. The molecule has 4 rings (SSSR count). The van der Waals surface area contributed by atoms with Gasteiger partial charge >= 0.3 is 5.97 Å². The molecule has 0 saturated heterocycles. The second-order valence-corrected chi connectivity index (χ2v) is 7.06. The number of carbonyl (C=O) groups is 1. The van der Waals surface area contributed by atoms with Gasteiger partial charge < -0.3 is 10.4 Å². The number of carboxylic acids is 1. The number of hydrogen-bond acceptors (Lipinski definition) is 4. The molecule has 0 radical (unpaired) electrons. The summed E-state index contributed by atoms with van der Waals surface area (Å²) in [5.41, 5.74) is 3.19. The van der Waals surface area contributed by atoms with Crippen LogP contribution in [0.4, 0.5) is 11.6 Å². The van der Waals surface area contributed by atoms with Crippen molar-refractivity contribution in [2.45, 2.75) is 19.8 Å². The fraction of sp³-hybridized carbons (Fsp3) is 0.150. The van der Waals surface area contributed by atoms with Gasteiger partial charge in [-0.1, -0.05) is 31.5 Å². The number of nitrogens with zero attached hydrogens (tertiary/aromatic N) is 3. The largest absolute Gasteiger partial charge is 0.478 e. The smallest absolute Gasteiger partial charge is 0.335 e. The third-order valence-electron chi connectivity index (χ3n) is 4.34. The molecule has 6 nitrogen and oxygen atoms in total. The second kappa shape index (κ2) is 6.55. The molecule has 2 N–H and O–H groups in total. The van der Waals surface area contributed by atoms with Crippen molar-refractivity contribution in [1.29, 1.82) is 0 Å². The number of fused-ring (bicyclic) bond motifs is 3. The lowest BCUT2D eigenvalue weighted by molar-refractivity contribution is 0.0697. The SMILES string of the molecule is CC(C)c1cn2c(Nc3cccc(Cl)c3)nc3cc(C(=O)O)ccc3c2n1. The lowest BCUT2D eigenvalue weighted by atomic mass is 10.1. The highest BCUT2D eigenvalue weighted by Gasteiger charge is 2.15. The first kappa shape index (κ1) is 17.3. The van der Waals surface area contributed by atoms with E-state index in [0.29, 0.717) is 16.5 Å². The second-order valence-electron chi connectivity index (χ2n) is 6.62. The molecule has 0 spiro atoms. The Balaban J connectivity index is 1.97. The van der Waals surface area contributed by atoms with Crippen LogP contribution in [-0.2, 0) is 0 Å². The van der Waals surface area contributed by atoms with E-state index in [0.717, 1.165) is 22.4 Å². The molecule has 0 amide bonds. The maximum Gasteiger partial charge on any atom is 0.335 e. The number of nitrogens with one attached hydrogen (secondary N) is 1. The van der Waals surface area contributed by atoms with Crippen molar-refractivity contribution in [3.8, 4) is 0 Å². The lowest BCUT2D eigenvalue weighted by Gasteiger charge is -2.10. The minimum Gasteiger partial charge on any atom is -0.478 e. The molecule has 2 aromatic carbocycles. The van der Waals surface area contributed by atoms with Gasteiger partial charge in [-0.05, 0) is 42.3 Å². The molecule has 0 atom stereocenters. The van der Waals surface area contributed by atoms with E-state index in [2.05, 4.69) is 24.1 Å². The Hall–Kier alpha value is -3.12. The Morgan fingerprint density at radius 3 is 2.70 bits per heavy atom. The maximum atomic E-state index is 11.3. The molecule has 0 aliphatic rings. The average molecular weight is 381 g/mol. The maximum absolute atomic E-state index is 11.3. The number of aromatic nitrogens is 3. The van der Waals surface area contributed by atoms with Gasteiger partial charge in [0.05, 0.1) is 16.8 Å². The Morgan fingerprint density at radius 1 is 1.19 bits per heavy atom. The molecule has 0 fully saturated rings. The van der Waals surface area contributed by atoms with E-state index < -0.39 is 5.97 Å². The fourth-order valence-electron chi connectivity index (χ4n) is 2.93. The first-order chi connectivity index (χ1) is 12.9. The topological polar surface area (TPSA) is 79.5 Å². The molecule has 0 aliphatic heterocycles. The standard InChI is InChI=1S/C20H17ClN4O2/c1-11(2)17-10-25-18(23-17)15-7-6-12(19(26)27)8-16(15)24-20(25)22-14-5-3-4-13(21)9-14/h3-11H,1-2H3,(H,22,24)(H,26,27). The van der Waals surface area contributed by atoms with E-state index in [1.807, 2.05) is 22.7 Å². The number of anilines is 2. The summed E-state index contributed by atoms with van der Waals surface area (Å²) < 4.78 is 1.89. The highest BCUT2D eigenvalue weighted by Crippen LogP contribution is 2.27. The molecule has 136 valence electrons. The number of rotatable bonds is 4. The predicted molar refractivity (Wildman–Crippen MR) is 106 cm³/mol. The Bertz CT molecular complexity index is 1180. The zero-order valence-corrected chi connectivity index (χ0v) is 15.5. The molecular formula is C20H17ClN4O2. The van der Waals surface area contributed by atoms with Gasteiger partial charge in [-0.3, -0.25) is 4.40 Å². The van der Waals surface area contributed by atoms with Crippen LogP contribution >= 0.6 is 11.6 Å². The van der Waals surface area contributed by atoms with E-state index >= 15 is 0 Å². The number of imidazole rings is 1. The van der Waals surface area contributed by atoms with Crippen LogP contribution in [0.25, 0.3) is 16.6 Å². The minimum absolute atomic E-state index is 0.184. The summed E-state index contributed by atoms with van der Waals surface area (Å²) in [7, 11) is 0. The zero-order valence-electron chi connectivity index (χ0n) is 14.8. The van der Waals surface area contributed by atoms with Crippen LogP contribution in [0, 0.1) is 0 Å². The van der Waals surface area contributed by atoms with Crippen LogP contribution in [0.15, 0.2) is 48.7 Å². The van der Waals surface area contributed by atoms with Crippen molar-refractivity contribution in [2.75, 3.05) is 5.32 Å². The number of aromatic carboxylic acids is 1. The summed E-state index contributed by atoms with van der Waals surface area (Å²) in [5, 5.41) is 14.0. The fourth-order valence-corrected chi connectivity index (χ4v) is 3.12. The van der Waals surface area contributed by atoms with Crippen molar-refractivity contribution in [1.82, 2.24) is 14.4 Å². The number of hydrogen-bond donors (Lipinski definition) is 2. The zero-order chi connectivity index (χ0) is 19.1. The summed E-state index contributed by atoms with van der Waals surface area (Å²) >= 11 is 6.08. The average Bonchev–Trinajstić information content (AvgIpc) is 3.07. The Kier molecular flexibility index (Phi) is 4.20. The van der Waals surface area contributed by atoms with Crippen LogP contribution < -0.4 is 5.32 Å². The minimum atomic E-state index is -0.992. The number of carboxylic acid groups (broad SMARTS) is 1. The van der Waals surface area contributed by atoms with Gasteiger partial charge in [-0.15, -0.1) is 0 Å². The molecule has 2 heterocycles.